The molecule has 24 heavy (non-hydrogen) atoms. The molecule has 5 nitrogen and oxygen atoms in total. The molecular weight excluding hydrogens is 304 g/mol. The molecule has 118 valence electrons. The molecule has 5 heteroatoms. The van der Waals surface area contributed by atoms with Crippen molar-refractivity contribution in [1.29, 1.82) is 0 Å². The summed E-state index contributed by atoms with van der Waals surface area (Å²) in [6.45, 7) is 0.594. The molecule has 2 heterocycles. The summed E-state index contributed by atoms with van der Waals surface area (Å²) in [5.41, 5.74) is 2.47. The fraction of sp³-hybridized carbons (Fsp3) is 0.105. The zero-order chi connectivity index (χ0) is 16.7. The fourth-order valence-corrected chi connectivity index (χ4v) is 3.04. The van der Waals surface area contributed by atoms with Gasteiger partial charge in [-0.25, -0.2) is 9.78 Å². The molecule has 0 unspecified atom stereocenters. The maximum atomic E-state index is 12.6. The smallest absolute Gasteiger partial charge is 0.335 e. The normalized spacial score (nSPS) is 14.9. The summed E-state index contributed by atoms with van der Waals surface area (Å²) in [5, 5.41) is 9.58. The number of benzene rings is 2. The predicted molar refractivity (Wildman–Crippen MR) is 91.9 cm³/mol. The third kappa shape index (κ3) is 2.31. The van der Waals surface area contributed by atoms with E-state index in [2.05, 4.69) is 4.98 Å². The van der Waals surface area contributed by atoms with Crippen molar-refractivity contribution in [3.05, 3.63) is 75.8 Å². The van der Waals surface area contributed by atoms with Crippen molar-refractivity contribution in [1.82, 2.24) is 9.55 Å². The van der Waals surface area contributed by atoms with Crippen LogP contribution in [0.15, 0.2) is 53.3 Å². The highest BCUT2D eigenvalue weighted by Gasteiger charge is 2.21. The minimum absolute atomic E-state index is 0.122. The van der Waals surface area contributed by atoms with Crippen LogP contribution in [-0.2, 0) is 6.54 Å². The molecule has 0 saturated heterocycles. The molecule has 1 N–H and O–H groups in total. The van der Waals surface area contributed by atoms with Crippen LogP contribution >= 0.6 is 0 Å². The first kappa shape index (κ1) is 14.4. The zero-order valence-corrected chi connectivity index (χ0v) is 12.8. The Morgan fingerprint density at radius 1 is 1.17 bits per heavy atom. The van der Waals surface area contributed by atoms with Gasteiger partial charge in [0.05, 0.1) is 16.5 Å². The van der Waals surface area contributed by atoms with Gasteiger partial charge in [-0.2, -0.15) is 0 Å². The first-order valence-electron chi connectivity index (χ1n) is 7.67. The number of aromatic nitrogens is 2. The SMILES string of the molecule is O=C(O)c1ccc2c(=O)n3c(nc2c1)/C(=C\c1ccccc1)CC3. The summed E-state index contributed by atoms with van der Waals surface area (Å²) in [7, 11) is 0. The Hall–Kier alpha value is -3.21. The molecule has 0 saturated carbocycles. The van der Waals surface area contributed by atoms with E-state index in [1.165, 1.54) is 12.1 Å². The Labute approximate surface area is 137 Å². The topological polar surface area (TPSA) is 72.2 Å². The van der Waals surface area contributed by atoms with Crippen LogP contribution < -0.4 is 5.56 Å². The van der Waals surface area contributed by atoms with Gasteiger partial charge in [-0.15, -0.1) is 0 Å². The average Bonchev–Trinajstić information content (AvgIpc) is 2.98. The standard InChI is InChI=1S/C19H14N2O3/c22-18-15-7-6-14(19(23)24)11-16(15)20-17-13(8-9-21(17)18)10-12-4-2-1-3-5-12/h1-7,10-11H,8-9H2,(H,23,24)/b13-10-. The summed E-state index contributed by atoms with van der Waals surface area (Å²) in [4.78, 5) is 28.4. The van der Waals surface area contributed by atoms with E-state index in [0.29, 0.717) is 23.3 Å². The maximum absolute atomic E-state index is 12.6. The van der Waals surface area contributed by atoms with Gasteiger partial charge in [-0.3, -0.25) is 9.36 Å². The van der Waals surface area contributed by atoms with Crippen molar-refractivity contribution in [2.45, 2.75) is 13.0 Å². The number of allylic oxidation sites excluding steroid dienone is 1. The molecule has 1 aliphatic heterocycles. The molecule has 0 aliphatic carbocycles. The molecule has 2 aromatic carbocycles. The van der Waals surface area contributed by atoms with Gasteiger partial charge in [0, 0.05) is 6.54 Å². The van der Waals surface area contributed by atoms with Crippen molar-refractivity contribution in [3.8, 4) is 0 Å². The minimum Gasteiger partial charge on any atom is -0.478 e. The molecule has 0 radical (unpaired) electrons. The van der Waals surface area contributed by atoms with Gasteiger partial charge in [0.2, 0.25) is 0 Å². The van der Waals surface area contributed by atoms with Gasteiger partial charge in [-0.1, -0.05) is 30.3 Å². The molecule has 0 bridgehead atoms. The molecule has 3 aromatic rings. The summed E-state index contributed by atoms with van der Waals surface area (Å²) in [6.07, 6.45) is 2.76. The van der Waals surface area contributed by atoms with Gasteiger partial charge in [0.15, 0.2) is 0 Å². The first-order valence-corrected chi connectivity index (χ1v) is 7.67. The van der Waals surface area contributed by atoms with Crippen molar-refractivity contribution in [2.24, 2.45) is 0 Å². The lowest BCUT2D eigenvalue weighted by Crippen LogP contribution is -2.20. The summed E-state index contributed by atoms with van der Waals surface area (Å²) < 4.78 is 1.66. The lowest BCUT2D eigenvalue weighted by atomic mass is 10.1. The molecular formula is C19H14N2O3. The molecule has 1 aliphatic rings. The summed E-state index contributed by atoms with van der Waals surface area (Å²) in [6, 6.07) is 14.3. The van der Waals surface area contributed by atoms with Crippen LogP contribution in [0, 0.1) is 0 Å². The molecule has 0 atom stereocenters. The van der Waals surface area contributed by atoms with Crippen molar-refractivity contribution in [2.75, 3.05) is 0 Å². The van der Waals surface area contributed by atoms with Crippen molar-refractivity contribution < 1.29 is 9.90 Å². The quantitative estimate of drug-likeness (QED) is 0.788. The zero-order valence-electron chi connectivity index (χ0n) is 12.8. The Balaban J connectivity index is 1.92. The van der Waals surface area contributed by atoms with E-state index in [1.807, 2.05) is 36.4 Å². The third-order valence-electron chi connectivity index (χ3n) is 4.23. The lowest BCUT2D eigenvalue weighted by molar-refractivity contribution is 0.0697. The number of hydrogen-bond acceptors (Lipinski definition) is 3. The average molecular weight is 318 g/mol. The van der Waals surface area contributed by atoms with Crippen LogP contribution in [0.5, 0.6) is 0 Å². The number of rotatable bonds is 2. The van der Waals surface area contributed by atoms with Crippen LogP contribution in [0.25, 0.3) is 22.6 Å². The second-order valence-electron chi connectivity index (χ2n) is 5.76. The molecule has 1 aromatic heterocycles. The van der Waals surface area contributed by atoms with Crippen LogP contribution in [0.4, 0.5) is 0 Å². The van der Waals surface area contributed by atoms with Crippen LogP contribution in [-0.4, -0.2) is 20.6 Å². The monoisotopic (exact) mass is 318 g/mol. The number of carbonyl (C=O) groups is 1. The number of fused-ring (bicyclic) bond motifs is 2. The van der Waals surface area contributed by atoms with Gasteiger partial charge >= 0.3 is 5.97 Å². The maximum Gasteiger partial charge on any atom is 0.335 e. The second-order valence-corrected chi connectivity index (χ2v) is 5.76. The van der Waals surface area contributed by atoms with Crippen LogP contribution in [0.2, 0.25) is 0 Å². The van der Waals surface area contributed by atoms with Crippen molar-refractivity contribution >= 4 is 28.5 Å². The van der Waals surface area contributed by atoms with E-state index in [1.54, 1.807) is 10.6 Å². The predicted octanol–water partition coefficient (Wildman–Crippen LogP) is 3.04. The van der Waals surface area contributed by atoms with Crippen LogP contribution in [0.3, 0.4) is 0 Å². The second kappa shape index (κ2) is 5.45. The van der Waals surface area contributed by atoms with Gasteiger partial charge in [0.25, 0.3) is 5.56 Å². The Bertz CT molecular complexity index is 1050. The third-order valence-corrected chi connectivity index (χ3v) is 4.23. The fourth-order valence-electron chi connectivity index (χ4n) is 3.04. The van der Waals surface area contributed by atoms with E-state index in [9.17, 15) is 9.59 Å². The van der Waals surface area contributed by atoms with E-state index >= 15 is 0 Å². The number of hydrogen-bond donors (Lipinski definition) is 1. The van der Waals surface area contributed by atoms with Crippen molar-refractivity contribution in [3.63, 3.8) is 0 Å². The molecule has 0 amide bonds. The largest absolute Gasteiger partial charge is 0.478 e. The number of carboxylic acids is 1. The summed E-state index contributed by atoms with van der Waals surface area (Å²) in [5.74, 6) is -0.404. The molecule has 0 fully saturated rings. The Morgan fingerprint density at radius 2 is 1.96 bits per heavy atom. The van der Waals surface area contributed by atoms with E-state index < -0.39 is 5.97 Å². The Kier molecular flexibility index (Phi) is 3.27. The Morgan fingerprint density at radius 3 is 2.71 bits per heavy atom. The van der Waals surface area contributed by atoms with Gasteiger partial charge < -0.3 is 5.11 Å². The highest BCUT2D eigenvalue weighted by Crippen LogP contribution is 2.27. The van der Waals surface area contributed by atoms with E-state index in [0.717, 1.165) is 17.6 Å². The minimum atomic E-state index is -1.03. The first-order chi connectivity index (χ1) is 11.6. The lowest BCUT2D eigenvalue weighted by Gasteiger charge is -2.06. The number of carboxylic acid groups (broad SMARTS) is 1. The molecule has 4 rings (SSSR count). The van der Waals surface area contributed by atoms with E-state index in [-0.39, 0.29) is 11.1 Å². The number of nitrogens with zero attached hydrogens (tertiary/aromatic N) is 2. The summed E-state index contributed by atoms with van der Waals surface area (Å²) >= 11 is 0. The van der Waals surface area contributed by atoms with Crippen LogP contribution in [0.1, 0.15) is 28.2 Å². The van der Waals surface area contributed by atoms with Gasteiger partial charge in [0.1, 0.15) is 5.82 Å². The highest BCUT2D eigenvalue weighted by molar-refractivity contribution is 5.93. The van der Waals surface area contributed by atoms with Gasteiger partial charge in [-0.05, 0) is 41.8 Å². The number of aromatic carboxylic acids is 1. The molecule has 0 spiro atoms. The highest BCUT2D eigenvalue weighted by atomic mass is 16.4. The van der Waals surface area contributed by atoms with E-state index in [4.69, 9.17) is 5.11 Å².